The van der Waals surface area contributed by atoms with Gasteiger partial charge in [0.05, 0.1) is 5.69 Å². The SMILES string of the molecule is Cc1nn(C)c(Cl)c1CN[C@H](C)c1cccs1. The van der Waals surface area contributed by atoms with Gasteiger partial charge in [-0.25, -0.2) is 0 Å². The third kappa shape index (κ3) is 2.70. The van der Waals surface area contributed by atoms with Gasteiger partial charge in [-0.15, -0.1) is 11.3 Å². The Balaban J connectivity index is 2.03. The number of nitrogens with one attached hydrogen (secondary N) is 1. The Bertz CT molecular complexity index is 490. The van der Waals surface area contributed by atoms with Crippen molar-refractivity contribution in [1.29, 1.82) is 0 Å². The van der Waals surface area contributed by atoms with Crippen molar-refractivity contribution in [1.82, 2.24) is 15.1 Å². The Kier molecular flexibility index (Phi) is 3.86. The normalized spacial score (nSPS) is 12.9. The molecule has 0 fully saturated rings. The van der Waals surface area contributed by atoms with E-state index in [0.717, 1.165) is 17.8 Å². The topological polar surface area (TPSA) is 29.9 Å². The second kappa shape index (κ2) is 5.21. The zero-order valence-electron chi connectivity index (χ0n) is 10.2. The molecule has 1 atom stereocenters. The molecule has 2 aromatic heterocycles. The monoisotopic (exact) mass is 269 g/mol. The standard InChI is InChI=1S/C12H16ClN3S/c1-8-10(12(13)16(3)15-8)7-14-9(2)11-5-4-6-17-11/h4-6,9,14H,7H2,1-3H3/t9-/m1/s1. The van der Waals surface area contributed by atoms with Crippen molar-refractivity contribution in [2.24, 2.45) is 7.05 Å². The van der Waals surface area contributed by atoms with E-state index in [1.54, 1.807) is 16.0 Å². The third-order valence-corrected chi connectivity index (χ3v) is 4.35. The lowest BCUT2D eigenvalue weighted by Gasteiger charge is -2.11. The Hall–Kier alpha value is -0.840. The van der Waals surface area contributed by atoms with E-state index in [1.165, 1.54) is 4.88 Å². The molecule has 0 amide bonds. The van der Waals surface area contributed by atoms with E-state index >= 15 is 0 Å². The molecule has 2 heterocycles. The molecule has 0 saturated carbocycles. The molecule has 1 N–H and O–H groups in total. The molecule has 2 rings (SSSR count). The summed E-state index contributed by atoms with van der Waals surface area (Å²) in [5, 5.41) is 10.6. The van der Waals surface area contributed by atoms with E-state index in [1.807, 2.05) is 14.0 Å². The number of nitrogens with zero attached hydrogens (tertiary/aromatic N) is 2. The molecule has 0 unspecified atom stereocenters. The van der Waals surface area contributed by atoms with E-state index in [-0.39, 0.29) is 0 Å². The number of thiophene rings is 1. The summed E-state index contributed by atoms with van der Waals surface area (Å²) in [7, 11) is 1.86. The molecule has 3 nitrogen and oxygen atoms in total. The second-order valence-corrected chi connectivity index (χ2v) is 5.43. The molecular formula is C12H16ClN3S. The van der Waals surface area contributed by atoms with Crippen molar-refractivity contribution >= 4 is 22.9 Å². The summed E-state index contributed by atoms with van der Waals surface area (Å²) in [5.41, 5.74) is 2.07. The van der Waals surface area contributed by atoms with Gasteiger partial charge in [0.1, 0.15) is 5.15 Å². The molecule has 0 aliphatic carbocycles. The predicted octanol–water partition coefficient (Wildman–Crippen LogP) is 3.29. The van der Waals surface area contributed by atoms with Crippen molar-refractivity contribution in [3.05, 3.63) is 38.8 Å². The van der Waals surface area contributed by atoms with Crippen LogP contribution in [0, 0.1) is 6.92 Å². The number of hydrogen-bond acceptors (Lipinski definition) is 3. The molecule has 0 bridgehead atoms. The van der Waals surface area contributed by atoms with E-state index in [4.69, 9.17) is 11.6 Å². The first-order valence-electron chi connectivity index (χ1n) is 5.54. The zero-order chi connectivity index (χ0) is 12.4. The molecule has 0 aliphatic rings. The van der Waals surface area contributed by atoms with Crippen molar-refractivity contribution in [3.8, 4) is 0 Å². The Morgan fingerprint density at radius 1 is 1.59 bits per heavy atom. The maximum atomic E-state index is 6.19. The fraction of sp³-hybridized carbons (Fsp3) is 0.417. The highest BCUT2D eigenvalue weighted by Gasteiger charge is 2.12. The van der Waals surface area contributed by atoms with Crippen LogP contribution in [0.4, 0.5) is 0 Å². The highest BCUT2D eigenvalue weighted by atomic mass is 35.5. The number of aryl methyl sites for hydroxylation is 2. The summed E-state index contributed by atoms with van der Waals surface area (Å²) >= 11 is 7.95. The van der Waals surface area contributed by atoms with Crippen LogP contribution in [0.15, 0.2) is 17.5 Å². The summed E-state index contributed by atoms with van der Waals surface area (Å²) < 4.78 is 1.71. The fourth-order valence-corrected chi connectivity index (χ4v) is 2.77. The summed E-state index contributed by atoms with van der Waals surface area (Å²) in [4.78, 5) is 1.34. The molecule has 0 aliphatic heterocycles. The van der Waals surface area contributed by atoms with Crippen LogP contribution in [-0.4, -0.2) is 9.78 Å². The molecule has 17 heavy (non-hydrogen) atoms. The fourth-order valence-electron chi connectivity index (χ4n) is 1.77. The molecule has 0 aromatic carbocycles. The first-order chi connectivity index (χ1) is 8.09. The average Bonchev–Trinajstić information content (AvgIpc) is 2.88. The molecule has 2 aromatic rings. The van der Waals surface area contributed by atoms with Gasteiger partial charge in [-0.3, -0.25) is 4.68 Å². The average molecular weight is 270 g/mol. The largest absolute Gasteiger partial charge is 0.305 e. The number of halogens is 1. The predicted molar refractivity (Wildman–Crippen MR) is 72.5 cm³/mol. The van der Waals surface area contributed by atoms with Crippen LogP contribution >= 0.6 is 22.9 Å². The molecule has 92 valence electrons. The van der Waals surface area contributed by atoms with Crippen LogP contribution in [-0.2, 0) is 13.6 Å². The van der Waals surface area contributed by atoms with Crippen LogP contribution in [0.3, 0.4) is 0 Å². The Morgan fingerprint density at radius 3 is 2.88 bits per heavy atom. The van der Waals surface area contributed by atoms with Crippen LogP contribution in [0.2, 0.25) is 5.15 Å². The van der Waals surface area contributed by atoms with Crippen LogP contribution in [0.5, 0.6) is 0 Å². The smallest absolute Gasteiger partial charge is 0.131 e. The van der Waals surface area contributed by atoms with Crippen molar-refractivity contribution in [2.45, 2.75) is 26.4 Å². The van der Waals surface area contributed by atoms with Crippen LogP contribution < -0.4 is 5.32 Å². The number of rotatable bonds is 4. The zero-order valence-corrected chi connectivity index (χ0v) is 11.8. The van der Waals surface area contributed by atoms with E-state index in [0.29, 0.717) is 11.2 Å². The van der Waals surface area contributed by atoms with Crippen LogP contribution in [0.25, 0.3) is 0 Å². The lowest BCUT2D eigenvalue weighted by Crippen LogP contribution is -2.17. The molecular weight excluding hydrogens is 254 g/mol. The van der Waals surface area contributed by atoms with E-state index < -0.39 is 0 Å². The summed E-state index contributed by atoms with van der Waals surface area (Å²) in [6, 6.07) is 4.55. The van der Waals surface area contributed by atoms with Crippen LogP contribution in [0.1, 0.15) is 29.1 Å². The molecule has 0 spiro atoms. The quantitative estimate of drug-likeness (QED) is 0.923. The van der Waals surface area contributed by atoms with Crippen molar-refractivity contribution in [2.75, 3.05) is 0 Å². The Labute approximate surface area is 110 Å². The van der Waals surface area contributed by atoms with Crippen molar-refractivity contribution < 1.29 is 0 Å². The Morgan fingerprint density at radius 2 is 2.35 bits per heavy atom. The maximum absolute atomic E-state index is 6.19. The van der Waals surface area contributed by atoms with Gasteiger partial charge >= 0.3 is 0 Å². The first kappa shape index (κ1) is 12.6. The van der Waals surface area contributed by atoms with Gasteiger partial charge in [-0.05, 0) is 25.3 Å². The van der Waals surface area contributed by atoms with Gasteiger partial charge in [0, 0.05) is 30.1 Å². The minimum Gasteiger partial charge on any atom is -0.305 e. The van der Waals surface area contributed by atoms with Crippen molar-refractivity contribution in [3.63, 3.8) is 0 Å². The third-order valence-electron chi connectivity index (χ3n) is 2.82. The highest BCUT2D eigenvalue weighted by molar-refractivity contribution is 7.10. The van der Waals surface area contributed by atoms with Gasteiger partial charge in [0.15, 0.2) is 0 Å². The summed E-state index contributed by atoms with van der Waals surface area (Å²) in [5.74, 6) is 0. The van der Waals surface area contributed by atoms with Gasteiger partial charge in [-0.2, -0.15) is 5.10 Å². The first-order valence-corrected chi connectivity index (χ1v) is 6.80. The van der Waals surface area contributed by atoms with Gasteiger partial charge in [-0.1, -0.05) is 17.7 Å². The molecule has 0 radical (unpaired) electrons. The maximum Gasteiger partial charge on any atom is 0.131 e. The van der Waals surface area contributed by atoms with E-state index in [9.17, 15) is 0 Å². The molecule has 5 heteroatoms. The number of hydrogen-bond donors (Lipinski definition) is 1. The van der Waals surface area contributed by atoms with Gasteiger partial charge < -0.3 is 5.32 Å². The van der Waals surface area contributed by atoms with E-state index in [2.05, 4.69) is 34.9 Å². The summed E-state index contributed by atoms with van der Waals surface area (Å²) in [6.45, 7) is 4.89. The summed E-state index contributed by atoms with van der Waals surface area (Å²) in [6.07, 6.45) is 0. The second-order valence-electron chi connectivity index (χ2n) is 4.10. The minimum atomic E-state index is 0.339. The molecule has 0 saturated heterocycles. The van der Waals surface area contributed by atoms with Gasteiger partial charge in [0.25, 0.3) is 0 Å². The van der Waals surface area contributed by atoms with Gasteiger partial charge in [0.2, 0.25) is 0 Å². The highest BCUT2D eigenvalue weighted by Crippen LogP contribution is 2.22. The minimum absolute atomic E-state index is 0.339. The lowest BCUT2D eigenvalue weighted by molar-refractivity contribution is 0.581. The lowest BCUT2D eigenvalue weighted by atomic mass is 10.2. The number of aromatic nitrogens is 2.